The van der Waals surface area contributed by atoms with Gasteiger partial charge in [0.25, 0.3) is 0 Å². The molecule has 0 spiro atoms. The van der Waals surface area contributed by atoms with Crippen molar-refractivity contribution >= 4 is 11.9 Å². The minimum absolute atomic E-state index is 0.0438. The van der Waals surface area contributed by atoms with Crippen molar-refractivity contribution in [3.8, 4) is 0 Å². The van der Waals surface area contributed by atoms with Crippen molar-refractivity contribution in [2.75, 3.05) is 32.9 Å². The Balaban J connectivity index is 1.69. The summed E-state index contributed by atoms with van der Waals surface area (Å²) in [4.78, 5) is 25.1. The Labute approximate surface area is 152 Å². The lowest BCUT2D eigenvalue weighted by atomic mass is 9.92. The molecule has 0 saturated carbocycles. The van der Waals surface area contributed by atoms with Crippen molar-refractivity contribution in [1.82, 2.24) is 19.8 Å². The molecule has 1 aromatic heterocycles. The molecule has 2 aromatic rings. The van der Waals surface area contributed by atoms with Crippen molar-refractivity contribution in [2.24, 2.45) is 0 Å². The topological polar surface area (TPSA) is 75.4 Å². The van der Waals surface area contributed by atoms with Gasteiger partial charge < -0.3 is 10.6 Å². The Morgan fingerprint density at radius 1 is 1.23 bits per heavy atom. The van der Waals surface area contributed by atoms with Crippen LogP contribution in [0.3, 0.4) is 0 Å². The molecule has 1 aromatic carbocycles. The molecule has 1 saturated heterocycles. The lowest BCUT2D eigenvalue weighted by molar-refractivity contribution is -0.137. The molecule has 1 atom stereocenters. The zero-order valence-corrected chi connectivity index (χ0v) is 15.1. The zero-order chi connectivity index (χ0) is 18.7. The third-order valence-corrected chi connectivity index (χ3v) is 4.86. The van der Waals surface area contributed by atoms with E-state index in [4.69, 9.17) is 5.73 Å². The van der Waals surface area contributed by atoms with Gasteiger partial charge in [0.2, 0.25) is 11.9 Å². The van der Waals surface area contributed by atoms with E-state index in [0.29, 0.717) is 13.1 Å². The van der Waals surface area contributed by atoms with Crippen LogP contribution in [0.1, 0.15) is 36.1 Å². The number of likely N-dealkylation sites (tertiary alicyclic amines) is 1. The first-order chi connectivity index (χ1) is 12.5. The van der Waals surface area contributed by atoms with E-state index in [1.165, 1.54) is 12.1 Å². The maximum Gasteiger partial charge on any atom is 0.244 e. The van der Waals surface area contributed by atoms with Gasteiger partial charge in [-0.3, -0.25) is 9.69 Å². The van der Waals surface area contributed by atoms with Gasteiger partial charge in [0, 0.05) is 30.9 Å². The summed E-state index contributed by atoms with van der Waals surface area (Å²) in [6.45, 7) is 1.33. The number of nitrogens with zero attached hydrogens (tertiary/aromatic N) is 4. The van der Waals surface area contributed by atoms with Gasteiger partial charge in [-0.25, -0.2) is 14.4 Å². The molecule has 1 aliphatic heterocycles. The van der Waals surface area contributed by atoms with E-state index in [2.05, 4.69) is 9.97 Å². The fourth-order valence-electron chi connectivity index (χ4n) is 3.49. The Morgan fingerprint density at radius 3 is 2.46 bits per heavy atom. The number of nitrogens with two attached hydrogens (primary N) is 1. The highest BCUT2D eigenvalue weighted by Gasteiger charge is 2.31. The SMILES string of the molecule is CN(C)[C@@H](C(=O)N1CCC(c2ccnc(N)n2)CC1)c1ccc(F)cc1. The van der Waals surface area contributed by atoms with Crippen molar-refractivity contribution in [2.45, 2.75) is 24.8 Å². The number of aromatic nitrogens is 2. The largest absolute Gasteiger partial charge is 0.368 e. The summed E-state index contributed by atoms with van der Waals surface area (Å²) in [6.07, 6.45) is 3.35. The minimum atomic E-state index is -0.415. The van der Waals surface area contributed by atoms with Crippen LogP contribution in [0.25, 0.3) is 0 Å². The summed E-state index contributed by atoms with van der Waals surface area (Å²) in [5.74, 6) is 0.309. The van der Waals surface area contributed by atoms with Crippen LogP contribution < -0.4 is 5.73 Å². The summed E-state index contributed by atoms with van der Waals surface area (Å²) in [5.41, 5.74) is 7.41. The van der Waals surface area contributed by atoms with Crippen LogP contribution in [0.2, 0.25) is 0 Å². The number of amides is 1. The molecule has 0 bridgehead atoms. The molecule has 7 heteroatoms. The molecular weight excluding hydrogens is 333 g/mol. The van der Waals surface area contributed by atoms with Gasteiger partial charge >= 0.3 is 0 Å². The van der Waals surface area contributed by atoms with Gasteiger partial charge in [-0.1, -0.05) is 12.1 Å². The molecule has 2 heterocycles. The van der Waals surface area contributed by atoms with Crippen molar-refractivity contribution in [3.63, 3.8) is 0 Å². The van der Waals surface area contributed by atoms with Gasteiger partial charge in [-0.05, 0) is 50.7 Å². The average Bonchev–Trinajstić information content (AvgIpc) is 2.63. The summed E-state index contributed by atoms with van der Waals surface area (Å²) in [5, 5.41) is 0. The van der Waals surface area contributed by atoms with Crippen LogP contribution in [0.4, 0.5) is 10.3 Å². The van der Waals surface area contributed by atoms with E-state index in [1.807, 2.05) is 30.0 Å². The second-order valence-corrected chi connectivity index (χ2v) is 6.86. The maximum atomic E-state index is 13.2. The number of nitrogen functional groups attached to an aromatic ring is 1. The van der Waals surface area contributed by atoms with Crippen LogP contribution in [-0.4, -0.2) is 52.9 Å². The lowest BCUT2D eigenvalue weighted by Gasteiger charge is -2.36. The normalized spacial score (nSPS) is 16.7. The first-order valence-electron chi connectivity index (χ1n) is 8.75. The summed E-state index contributed by atoms with van der Waals surface area (Å²) >= 11 is 0. The number of carbonyl (C=O) groups excluding carboxylic acids is 1. The quantitative estimate of drug-likeness (QED) is 0.908. The van der Waals surface area contributed by atoms with Crippen LogP contribution in [0.5, 0.6) is 0 Å². The van der Waals surface area contributed by atoms with E-state index < -0.39 is 6.04 Å². The minimum Gasteiger partial charge on any atom is -0.368 e. The van der Waals surface area contributed by atoms with Crippen LogP contribution >= 0.6 is 0 Å². The number of hydrogen-bond donors (Lipinski definition) is 1. The molecule has 1 aliphatic rings. The zero-order valence-electron chi connectivity index (χ0n) is 15.1. The van der Waals surface area contributed by atoms with E-state index in [1.54, 1.807) is 18.3 Å². The first-order valence-corrected chi connectivity index (χ1v) is 8.75. The number of carbonyl (C=O) groups is 1. The number of benzene rings is 1. The van der Waals surface area contributed by atoms with Crippen LogP contribution in [0, 0.1) is 5.82 Å². The van der Waals surface area contributed by atoms with Crippen molar-refractivity contribution in [1.29, 1.82) is 0 Å². The number of piperidine rings is 1. The van der Waals surface area contributed by atoms with Gasteiger partial charge in [-0.2, -0.15) is 0 Å². The van der Waals surface area contributed by atoms with Crippen molar-refractivity contribution in [3.05, 3.63) is 53.6 Å². The second kappa shape index (κ2) is 7.78. The van der Waals surface area contributed by atoms with E-state index in [0.717, 1.165) is 24.1 Å². The molecule has 1 fully saturated rings. The van der Waals surface area contributed by atoms with E-state index in [9.17, 15) is 9.18 Å². The van der Waals surface area contributed by atoms with E-state index in [-0.39, 0.29) is 23.6 Å². The standard InChI is InChI=1S/C19H24FN5O/c1-24(2)17(14-3-5-15(20)6-4-14)18(26)25-11-8-13(9-12-25)16-7-10-22-19(21)23-16/h3-7,10,13,17H,8-9,11-12H2,1-2H3,(H2,21,22,23)/t17-/m1/s1. The van der Waals surface area contributed by atoms with E-state index >= 15 is 0 Å². The first kappa shape index (κ1) is 18.3. The fourth-order valence-corrected chi connectivity index (χ4v) is 3.49. The Morgan fingerprint density at radius 2 is 1.88 bits per heavy atom. The number of hydrogen-bond acceptors (Lipinski definition) is 5. The molecule has 26 heavy (non-hydrogen) atoms. The number of anilines is 1. The summed E-state index contributed by atoms with van der Waals surface area (Å²) in [7, 11) is 3.73. The molecule has 138 valence electrons. The van der Waals surface area contributed by atoms with Crippen LogP contribution in [0.15, 0.2) is 36.5 Å². The molecule has 1 amide bonds. The molecule has 6 nitrogen and oxygen atoms in total. The fraction of sp³-hybridized carbons (Fsp3) is 0.421. The molecule has 0 aliphatic carbocycles. The number of likely N-dealkylation sites (N-methyl/N-ethyl adjacent to an activating group) is 1. The molecule has 2 N–H and O–H groups in total. The molecule has 3 rings (SSSR count). The van der Waals surface area contributed by atoms with Gasteiger partial charge in [0.15, 0.2) is 0 Å². The average molecular weight is 357 g/mol. The third-order valence-electron chi connectivity index (χ3n) is 4.86. The second-order valence-electron chi connectivity index (χ2n) is 6.86. The highest BCUT2D eigenvalue weighted by molar-refractivity contribution is 5.83. The predicted octanol–water partition coefficient (Wildman–Crippen LogP) is 2.21. The molecule has 0 radical (unpaired) electrons. The smallest absolute Gasteiger partial charge is 0.244 e. The molecule has 0 unspecified atom stereocenters. The van der Waals surface area contributed by atoms with Gasteiger partial charge in [0.1, 0.15) is 11.9 Å². The highest BCUT2D eigenvalue weighted by atomic mass is 19.1. The van der Waals surface area contributed by atoms with Crippen LogP contribution in [-0.2, 0) is 4.79 Å². The monoisotopic (exact) mass is 357 g/mol. The highest BCUT2D eigenvalue weighted by Crippen LogP contribution is 2.29. The number of halogens is 1. The maximum absolute atomic E-state index is 13.2. The van der Waals surface area contributed by atoms with Crippen molar-refractivity contribution < 1.29 is 9.18 Å². The van der Waals surface area contributed by atoms with Gasteiger partial charge in [0.05, 0.1) is 0 Å². The third kappa shape index (κ3) is 3.99. The lowest BCUT2D eigenvalue weighted by Crippen LogP contribution is -2.44. The Kier molecular flexibility index (Phi) is 5.46. The predicted molar refractivity (Wildman–Crippen MR) is 97.8 cm³/mol. The summed E-state index contributed by atoms with van der Waals surface area (Å²) in [6, 6.07) is 7.61. The summed E-state index contributed by atoms with van der Waals surface area (Å²) < 4.78 is 13.2. The number of rotatable bonds is 4. The Bertz CT molecular complexity index is 757. The Hall–Kier alpha value is -2.54. The molecular formula is C19H24FN5O. The van der Waals surface area contributed by atoms with Gasteiger partial charge in [-0.15, -0.1) is 0 Å².